The van der Waals surface area contributed by atoms with Gasteiger partial charge in [0.1, 0.15) is 0 Å². The molecule has 0 rings (SSSR count). The van der Waals surface area contributed by atoms with Crippen LogP contribution < -0.4 is 0 Å². The van der Waals surface area contributed by atoms with Gasteiger partial charge >= 0.3 is 0 Å². The number of thioether (sulfide) groups is 1. The van der Waals surface area contributed by atoms with Crippen molar-refractivity contribution in [2.45, 2.75) is 40.0 Å². The SMILES string of the molecule is CCCC(CCSC)C(C)C. The van der Waals surface area contributed by atoms with Crippen molar-refractivity contribution in [2.24, 2.45) is 11.8 Å². The molecule has 1 heteroatoms. The van der Waals surface area contributed by atoms with E-state index in [1.807, 2.05) is 11.8 Å². The smallest absolute Gasteiger partial charge is 0.00676 e. The molecule has 0 aromatic heterocycles. The molecule has 0 bridgehead atoms. The van der Waals surface area contributed by atoms with Gasteiger partial charge in [-0.15, -0.1) is 0 Å². The fraction of sp³-hybridized carbons (Fsp3) is 1.00. The fourth-order valence-electron chi connectivity index (χ4n) is 1.45. The molecule has 0 nitrogen and oxygen atoms in total. The first kappa shape index (κ1) is 11.4. The zero-order chi connectivity index (χ0) is 8.69. The van der Waals surface area contributed by atoms with E-state index in [1.54, 1.807) is 0 Å². The maximum atomic E-state index is 2.35. The molecule has 0 aromatic carbocycles. The van der Waals surface area contributed by atoms with E-state index in [9.17, 15) is 0 Å². The van der Waals surface area contributed by atoms with Gasteiger partial charge in [-0.1, -0.05) is 33.6 Å². The summed E-state index contributed by atoms with van der Waals surface area (Å²) in [6, 6.07) is 0. The van der Waals surface area contributed by atoms with Crippen LogP contribution in [0.4, 0.5) is 0 Å². The highest BCUT2D eigenvalue weighted by Gasteiger charge is 2.10. The van der Waals surface area contributed by atoms with Crippen LogP contribution in [0.15, 0.2) is 0 Å². The van der Waals surface area contributed by atoms with Crippen molar-refractivity contribution in [3.05, 3.63) is 0 Å². The van der Waals surface area contributed by atoms with Crippen molar-refractivity contribution in [1.29, 1.82) is 0 Å². The topological polar surface area (TPSA) is 0 Å². The minimum atomic E-state index is 0.877. The number of hydrogen-bond donors (Lipinski definition) is 0. The second-order valence-electron chi connectivity index (χ2n) is 3.57. The van der Waals surface area contributed by atoms with E-state index in [-0.39, 0.29) is 0 Å². The quantitative estimate of drug-likeness (QED) is 0.590. The highest BCUT2D eigenvalue weighted by Crippen LogP contribution is 2.22. The van der Waals surface area contributed by atoms with Crippen molar-refractivity contribution >= 4 is 11.8 Å². The first-order chi connectivity index (χ1) is 5.22. The molecule has 0 aliphatic carbocycles. The summed E-state index contributed by atoms with van der Waals surface area (Å²) in [6.45, 7) is 6.98. The van der Waals surface area contributed by atoms with E-state index in [1.165, 1.54) is 25.0 Å². The molecule has 1 unspecified atom stereocenters. The molecule has 0 radical (unpaired) electrons. The van der Waals surface area contributed by atoms with Gasteiger partial charge in [0.2, 0.25) is 0 Å². The third-order valence-corrected chi connectivity index (χ3v) is 2.94. The molecule has 0 spiro atoms. The third kappa shape index (κ3) is 5.60. The summed E-state index contributed by atoms with van der Waals surface area (Å²) in [4.78, 5) is 0. The van der Waals surface area contributed by atoms with Gasteiger partial charge in [0.05, 0.1) is 0 Å². The summed E-state index contributed by atoms with van der Waals surface area (Å²) in [6.07, 6.45) is 6.37. The summed E-state index contributed by atoms with van der Waals surface area (Å²) in [5.41, 5.74) is 0. The maximum Gasteiger partial charge on any atom is -0.00676 e. The predicted octanol–water partition coefficient (Wildman–Crippen LogP) is 3.81. The van der Waals surface area contributed by atoms with Crippen LogP contribution in [0.25, 0.3) is 0 Å². The average Bonchev–Trinajstić information content (AvgIpc) is 1.97. The molecule has 0 saturated heterocycles. The molecule has 0 aromatic rings. The summed E-state index contributed by atoms with van der Waals surface area (Å²) in [5, 5.41) is 0. The Kier molecular flexibility index (Phi) is 7.25. The Morgan fingerprint density at radius 1 is 1.18 bits per heavy atom. The van der Waals surface area contributed by atoms with Crippen molar-refractivity contribution in [3.63, 3.8) is 0 Å². The van der Waals surface area contributed by atoms with Gasteiger partial charge in [-0.25, -0.2) is 0 Å². The Labute approximate surface area is 76.1 Å². The predicted molar refractivity (Wildman–Crippen MR) is 56.2 cm³/mol. The van der Waals surface area contributed by atoms with Crippen molar-refractivity contribution in [1.82, 2.24) is 0 Å². The molecule has 0 aliphatic heterocycles. The molecule has 0 saturated carbocycles. The van der Waals surface area contributed by atoms with E-state index in [0.29, 0.717) is 0 Å². The summed E-state index contributed by atoms with van der Waals surface area (Å²) >= 11 is 1.97. The van der Waals surface area contributed by atoms with Gasteiger partial charge in [0.25, 0.3) is 0 Å². The first-order valence-corrected chi connectivity index (χ1v) is 6.10. The lowest BCUT2D eigenvalue weighted by molar-refractivity contribution is 0.348. The van der Waals surface area contributed by atoms with E-state index >= 15 is 0 Å². The number of hydrogen-bond acceptors (Lipinski definition) is 1. The second kappa shape index (κ2) is 7.02. The maximum absolute atomic E-state index is 2.35. The molecular formula is C10H22S. The van der Waals surface area contributed by atoms with Crippen LogP contribution in [0.2, 0.25) is 0 Å². The van der Waals surface area contributed by atoms with Crippen molar-refractivity contribution < 1.29 is 0 Å². The van der Waals surface area contributed by atoms with E-state index < -0.39 is 0 Å². The molecule has 11 heavy (non-hydrogen) atoms. The van der Waals surface area contributed by atoms with Crippen LogP contribution in [0.1, 0.15) is 40.0 Å². The lowest BCUT2D eigenvalue weighted by Gasteiger charge is -2.19. The van der Waals surface area contributed by atoms with E-state index in [0.717, 1.165) is 11.8 Å². The minimum absolute atomic E-state index is 0.877. The molecule has 0 fully saturated rings. The van der Waals surface area contributed by atoms with E-state index in [2.05, 4.69) is 27.0 Å². The first-order valence-electron chi connectivity index (χ1n) is 4.71. The second-order valence-corrected chi connectivity index (χ2v) is 4.56. The normalized spacial score (nSPS) is 13.9. The lowest BCUT2D eigenvalue weighted by atomic mass is 9.89. The fourth-order valence-corrected chi connectivity index (χ4v) is 1.99. The standard InChI is InChI=1S/C10H22S/c1-5-6-10(9(2)3)7-8-11-4/h9-10H,5-8H2,1-4H3. The Morgan fingerprint density at radius 3 is 2.18 bits per heavy atom. The highest BCUT2D eigenvalue weighted by atomic mass is 32.2. The average molecular weight is 174 g/mol. The zero-order valence-corrected chi connectivity index (χ0v) is 9.21. The van der Waals surface area contributed by atoms with Crippen LogP contribution in [-0.4, -0.2) is 12.0 Å². The van der Waals surface area contributed by atoms with Gasteiger partial charge in [-0.2, -0.15) is 11.8 Å². The van der Waals surface area contributed by atoms with Gasteiger partial charge in [0.15, 0.2) is 0 Å². The molecule has 0 N–H and O–H groups in total. The molecule has 0 amide bonds. The van der Waals surface area contributed by atoms with Crippen molar-refractivity contribution in [2.75, 3.05) is 12.0 Å². The third-order valence-electron chi connectivity index (χ3n) is 2.30. The molecule has 68 valence electrons. The molecule has 0 aliphatic rings. The Bertz CT molecular complexity index is 78.9. The summed E-state index contributed by atoms with van der Waals surface area (Å²) in [7, 11) is 0. The Balaban J connectivity index is 3.51. The lowest BCUT2D eigenvalue weighted by Crippen LogP contribution is -2.09. The van der Waals surface area contributed by atoms with Crippen LogP contribution in [0, 0.1) is 11.8 Å². The van der Waals surface area contributed by atoms with Gasteiger partial charge in [0, 0.05) is 0 Å². The largest absolute Gasteiger partial charge is 0.165 e. The summed E-state index contributed by atoms with van der Waals surface area (Å²) < 4.78 is 0. The van der Waals surface area contributed by atoms with Crippen molar-refractivity contribution in [3.8, 4) is 0 Å². The minimum Gasteiger partial charge on any atom is -0.165 e. The molecule has 0 heterocycles. The molecular weight excluding hydrogens is 152 g/mol. The van der Waals surface area contributed by atoms with Crippen LogP contribution in [0.3, 0.4) is 0 Å². The van der Waals surface area contributed by atoms with E-state index in [4.69, 9.17) is 0 Å². The zero-order valence-electron chi connectivity index (χ0n) is 8.39. The van der Waals surface area contributed by atoms with Crippen LogP contribution >= 0.6 is 11.8 Å². The molecule has 1 atom stereocenters. The van der Waals surface area contributed by atoms with Gasteiger partial charge in [-0.05, 0) is 30.3 Å². The monoisotopic (exact) mass is 174 g/mol. The van der Waals surface area contributed by atoms with Gasteiger partial charge in [-0.3, -0.25) is 0 Å². The van der Waals surface area contributed by atoms with Crippen LogP contribution in [0.5, 0.6) is 0 Å². The van der Waals surface area contributed by atoms with Gasteiger partial charge < -0.3 is 0 Å². The van der Waals surface area contributed by atoms with Crippen LogP contribution in [-0.2, 0) is 0 Å². The Morgan fingerprint density at radius 2 is 1.82 bits per heavy atom. The number of rotatable bonds is 6. The summed E-state index contributed by atoms with van der Waals surface area (Å²) in [5.74, 6) is 3.18. The Hall–Kier alpha value is 0.350. The highest BCUT2D eigenvalue weighted by molar-refractivity contribution is 7.98.